The van der Waals surface area contributed by atoms with Crippen molar-refractivity contribution in [3.63, 3.8) is 0 Å². The Bertz CT molecular complexity index is 700. The molecule has 0 radical (unpaired) electrons. The van der Waals surface area contributed by atoms with Crippen molar-refractivity contribution in [3.05, 3.63) is 70.7 Å². The van der Waals surface area contributed by atoms with Crippen LogP contribution in [0.25, 0.3) is 0 Å². The van der Waals surface area contributed by atoms with E-state index in [1.165, 1.54) is 5.56 Å². The van der Waals surface area contributed by atoms with Gasteiger partial charge >= 0.3 is 0 Å². The number of hydrogen-bond donors (Lipinski definition) is 1. The van der Waals surface area contributed by atoms with Gasteiger partial charge in [0.15, 0.2) is 5.11 Å². The van der Waals surface area contributed by atoms with Crippen molar-refractivity contribution in [1.29, 1.82) is 0 Å². The van der Waals surface area contributed by atoms with Crippen LogP contribution >= 0.6 is 23.8 Å². The van der Waals surface area contributed by atoms with E-state index in [2.05, 4.69) is 22.4 Å². The molecule has 0 bridgehead atoms. The zero-order chi connectivity index (χ0) is 15.4. The lowest BCUT2D eigenvalue weighted by Crippen LogP contribution is -2.41. The fraction of sp³-hybridized carbons (Fsp3) is 0.176. The molecule has 0 amide bonds. The highest BCUT2D eigenvalue weighted by molar-refractivity contribution is 7.80. The van der Waals surface area contributed by atoms with Crippen molar-refractivity contribution in [2.45, 2.75) is 6.54 Å². The smallest absolute Gasteiger partial charge is 0.174 e. The fourth-order valence-corrected chi connectivity index (χ4v) is 2.83. The van der Waals surface area contributed by atoms with Crippen molar-refractivity contribution in [2.75, 3.05) is 13.1 Å². The monoisotopic (exact) mass is 329 g/mol. The Hall–Kier alpha value is -1.91. The highest BCUT2D eigenvalue weighted by atomic mass is 35.5. The minimum atomic E-state index is 0.695. The highest BCUT2D eigenvalue weighted by Gasteiger charge is 2.22. The van der Waals surface area contributed by atoms with Crippen LogP contribution in [0.15, 0.2) is 59.6 Å². The lowest BCUT2D eigenvalue weighted by atomic mass is 10.2. The topological polar surface area (TPSA) is 27.6 Å². The Morgan fingerprint density at radius 1 is 1.18 bits per heavy atom. The second-order valence-corrected chi connectivity index (χ2v) is 5.83. The number of thiocarbonyl (C=S) groups is 1. The number of rotatable bonds is 3. The second-order valence-electron chi connectivity index (χ2n) is 5.01. The van der Waals surface area contributed by atoms with Gasteiger partial charge in [0, 0.05) is 23.7 Å². The van der Waals surface area contributed by atoms with Gasteiger partial charge in [-0.1, -0.05) is 54.1 Å². The third-order valence-electron chi connectivity index (χ3n) is 3.46. The molecule has 0 aromatic heterocycles. The SMILES string of the molecule is S=C(NCc1ccccc1)N1CCN=C1c1cccc(Cl)c1. The molecule has 0 saturated carbocycles. The zero-order valence-corrected chi connectivity index (χ0v) is 13.6. The molecule has 22 heavy (non-hydrogen) atoms. The van der Waals surface area contributed by atoms with Crippen LogP contribution < -0.4 is 5.32 Å². The lowest BCUT2D eigenvalue weighted by Gasteiger charge is -2.22. The predicted octanol–water partition coefficient (Wildman–Crippen LogP) is 3.48. The molecule has 3 rings (SSSR count). The first-order valence-corrected chi connectivity index (χ1v) is 7.92. The van der Waals surface area contributed by atoms with Crippen molar-refractivity contribution < 1.29 is 0 Å². The molecule has 1 aliphatic rings. The summed E-state index contributed by atoms with van der Waals surface area (Å²) in [5, 5.41) is 4.70. The van der Waals surface area contributed by atoms with E-state index in [0.717, 1.165) is 24.5 Å². The van der Waals surface area contributed by atoms with Crippen LogP contribution in [0.4, 0.5) is 0 Å². The van der Waals surface area contributed by atoms with Crippen LogP contribution in [0.2, 0.25) is 5.02 Å². The molecule has 112 valence electrons. The largest absolute Gasteiger partial charge is 0.358 e. The van der Waals surface area contributed by atoms with E-state index in [1.807, 2.05) is 47.4 Å². The highest BCUT2D eigenvalue weighted by Crippen LogP contribution is 2.16. The van der Waals surface area contributed by atoms with E-state index < -0.39 is 0 Å². The number of benzene rings is 2. The molecule has 1 aliphatic heterocycles. The van der Waals surface area contributed by atoms with Crippen LogP contribution in [0.3, 0.4) is 0 Å². The van der Waals surface area contributed by atoms with Gasteiger partial charge in [-0.15, -0.1) is 0 Å². The van der Waals surface area contributed by atoms with E-state index in [4.69, 9.17) is 23.8 Å². The summed E-state index contributed by atoms with van der Waals surface area (Å²) < 4.78 is 0. The molecule has 0 fully saturated rings. The van der Waals surface area contributed by atoms with Crippen molar-refractivity contribution in [1.82, 2.24) is 10.2 Å². The summed E-state index contributed by atoms with van der Waals surface area (Å²) in [5.41, 5.74) is 2.19. The molecule has 0 saturated heterocycles. The molecule has 1 N–H and O–H groups in total. The van der Waals surface area contributed by atoms with Gasteiger partial charge in [0.05, 0.1) is 6.54 Å². The summed E-state index contributed by atoms with van der Waals surface area (Å²) >= 11 is 11.6. The van der Waals surface area contributed by atoms with E-state index >= 15 is 0 Å². The number of nitrogens with one attached hydrogen (secondary N) is 1. The normalized spacial score (nSPS) is 13.9. The Kier molecular flexibility index (Phi) is 4.71. The first kappa shape index (κ1) is 15.0. The van der Waals surface area contributed by atoms with Gasteiger partial charge in [-0.3, -0.25) is 4.99 Å². The molecular formula is C17H16ClN3S. The number of hydrogen-bond acceptors (Lipinski definition) is 2. The summed E-state index contributed by atoms with van der Waals surface area (Å²) in [6, 6.07) is 17.9. The molecule has 0 spiro atoms. The standard InChI is InChI=1S/C17H16ClN3S/c18-15-8-4-7-14(11-15)16-19-9-10-21(16)17(22)20-12-13-5-2-1-3-6-13/h1-8,11H,9-10,12H2,(H,20,22). The van der Waals surface area contributed by atoms with Crippen molar-refractivity contribution >= 4 is 34.8 Å². The van der Waals surface area contributed by atoms with Crippen LogP contribution in [0.5, 0.6) is 0 Å². The quantitative estimate of drug-likeness (QED) is 0.874. The van der Waals surface area contributed by atoms with Crippen molar-refractivity contribution in [2.24, 2.45) is 4.99 Å². The number of nitrogens with zero attached hydrogens (tertiary/aromatic N) is 2. The minimum Gasteiger partial charge on any atom is -0.358 e. The van der Waals surface area contributed by atoms with Crippen LogP contribution in [-0.4, -0.2) is 28.9 Å². The van der Waals surface area contributed by atoms with Gasteiger partial charge < -0.3 is 10.2 Å². The second kappa shape index (κ2) is 6.90. The van der Waals surface area contributed by atoms with Crippen LogP contribution in [0.1, 0.15) is 11.1 Å². The maximum Gasteiger partial charge on any atom is 0.174 e. The Morgan fingerprint density at radius 2 is 2.00 bits per heavy atom. The Labute approximate surface area is 140 Å². The number of aliphatic imine (C=N–C) groups is 1. The first-order chi connectivity index (χ1) is 10.7. The fourth-order valence-electron chi connectivity index (χ4n) is 2.39. The maximum absolute atomic E-state index is 6.07. The number of halogens is 1. The molecule has 3 nitrogen and oxygen atoms in total. The van der Waals surface area contributed by atoms with E-state index in [1.54, 1.807) is 0 Å². The molecule has 0 atom stereocenters. The molecule has 0 aliphatic carbocycles. The maximum atomic E-state index is 6.07. The summed E-state index contributed by atoms with van der Waals surface area (Å²) in [7, 11) is 0. The van der Waals surface area contributed by atoms with E-state index in [9.17, 15) is 0 Å². The Morgan fingerprint density at radius 3 is 2.77 bits per heavy atom. The molecule has 5 heteroatoms. The predicted molar refractivity (Wildman–Crippen MR) is 95.4 cm³/mol. The van der Waals surface area contributed by atoms with Crippen LogP contribution in [-0.2, 0) is 6.54 Å². The Balaban J connectivity index is 1.69. The summed E-state index contributed by atoms with van der Waals surface area (Å²) in [4.78, 5) is 6.59. The van der Waals surface area contributed by atoms with Crippen molar-refractivity contribution in [3.8, 4) is 0 Å². The molecule has 1 heterocycles. The summed E-state index contributed by atoms with van der Waals surface area (Å²) in [6.45, 7) is 2.25. The van der Waals surface area contributed by atoms with Gasteiger partial charge in [0.1, 0.15) is 5.84 Å². The van der Waals surface area contributed by atoms with Gasteiger partial charge in [-0.05, 0) is 29.9 Å². The van der Waals surface area contributed by atoms with Gasteiger partial charge in [-0.25, -0.2) is 0 Å². The average molecular weight is 330 g/mol. The summed E-state index contributed by atoms with van der Waals surface area (Å²) in [5.74, 6) is 0.882. The third-order valence-corrected chi connectivity index (χ3v) is 4.06. The zero-order valence-electron chi connectivity index (χ0n) is 12.0. The minimum absolute atomic E-state index is 0.695. The molecule has 0 unspecified atom stereocenters. The number of amidine groups is 1. The van der Waals surface area contributed by atoms with Gasteiger partial charge in [-0.2, -0.15) is 0 Å². The third kappa shape index (κ3) is 3.46. The lowest BCUT2D eigenvalue weighted by molar-refractivity contribution is 0.641. The molecule has 2 aromatic carbocycles. The van der Waals surface area contributed by atoms with Crippen LogP contribution in [0, 0.1) is 0 Å². The van der Waals surface area contributed by atoms with Gasteiger partial charge in [0.2, 0.25) is 0 Å². The van der Waals surface area contributed by atoms with Gasteiger partial charge in [0.25, 0.3) is 0 Å². The van der Waals surface area contributed by atoms with E-state index in [-0.39, 0.29) is 0 Å². The molecular weight excluding hydrogens is 314 g/mol. The molecule has 2 aromatic rings. The summed E-state index contributed by atoms with van der Waals surface area (Å²) in [6.07, 6.45) is 0. The average Bonchev–Trinajstić information content (AvgIpc) is 3.03. The first-order valence-electron chi connectivity index (χ1n) is 7.14. The van der Waals surface area contributed by atoms with E-state index in [0.29, 0.717) is 16.7 Å².